The molecule has 0 aliphatic carbocycles. The van der Waals surface area contributed by atoms with Gasteiger partial charge in [-0.05, 0) is 43.0 Å². The second-order valence-electron chi connectivity index (χ2n) is 5.00. The van der Waals surface area contributed by atoms with Gasteiger partial charge in [0.05, 0.1) is 17.7 Å². The number of hydrogen-bond donors (Lipinski definition) is 1. The van der Waals surface area contributed by atoms with Gasteiger partial charge in [0.15, 0.2) is 0 Å². The molecule has 6 heteroatoms. The maximum atomic E-state index is 12.5. The molecule has 1 aromatic heterocycles. The van der Waals surface area contributed by atoms with Crippen molar-refractivity contribution < 1.29 is 14.3 Å². The van der Waals surface area contributed by atoms with Gasteiger partial charge in [-0.2, -0.15) is 0 Å². The minimum atomic E-state index is -0.251. The molecule has 0 atom stereocenters. The first-order valence-electron chi connectivity index (χ1n) is 7.33. The third kappa shape index (κ3) is 4.10. The zero-order valence-electron chi connectivity index (χ0n) is 13.5. The summed E-state index contributed by atoms with van der Waals surface area (Å²) in [6, 6.07) is 9.08. The Kier molecular flexibility index (Phi) is 5.76. The molecule has 2 rings (SSSR count). The van der Waals surface area contributed by atoms with E-state index in [0.717, 1.165) is 5.56 Å². The summed E-state index contributed by atoms with van der Waals surface area (Å²) in [5.41, 5.74) is 1.53. The van der Waals surface area contributed by atoms with Crippen molar-refractivity contribution in [1.82, 2.24) is 4.90 Å². The summed E-state index contributed by atoms with van der Waals surface area (Å²) >= 11 is 1.40. The molecule has 1 heterocycles. The number of ether oxygens (including phenoxy) is 1. The van der Waals surface area contributed by atoms with Crippen molar-refractivity contribution in [2.45, 2.75) is 13.8 Å². The number of methoxy groups -OCH3 is 1. The van der Waals surface area contributed by atoms with Gasteiger partial charge in [-0.15, -0.1) is 11.3 Å². The number of thiophene rings is 1. The van der Waals surface area contributed by atoms with Crippen molar-refractivity contribution in [3.8, 4) is 5.75 Å². The summed E-state index contributed by atoms with van der Waals surface area (Å²) in [5, 5.41) is 4.67. The Morgan fingerprint density at radius 1 is 1.26 bits per heavy atom. The molecule has 1 N–H and O–H groups in total. The molecule has 0 spiro atoms. The molecule has 0 radical (unpaired) electrons. The molecule has 5 nitrogen and oxygen atoms in total. The molecule has 2 aromatic rings. The van der Waals surface area contributed by atoms with Crippen molar-refractivity contribution in [1.29, 1.82) is 0 Å². The van der Waals surface area contributed by atoms with Crippen molar-refractivity contribution in [3.05, 3.63) is 46.2 Å². The number of benzene rings is 1. The normalized spacial score (nSPS) is 10.2. The van der Waals surface area contributed by atoms with Crippen LogP contribution < -0.4 is 10.1 Å². The molecule has 2 amide bonds. The highest BCUT2D eigenvalue weighted by atomic mass is 32.1. The van der Waals surface area contributed by atoms with E-state index in [4.69, 9.17) is 4.74 Å². The standard InChI is InChI=1S/C17H20N2O3S/c1-4-19(17(21)16-12(2)9-10-23-16)11-15(20)18-13-7-5-6-8-14(13)22-3/h5-10H,4,11H2,1-3H3,(H,18,20). The summed E-state index contributed by atoms with van der Waals surface area (Å²) in [7, 11) is 1.55. The number of nitrogens with zero attached hydrogens (tertiary/aromatic N) is 1. The predicted octanol–water partition coefficient (Wildman–Crippen LogP) is 3.17. The lowest BCUT2D eigenvalue weighted by Gasteiger charge is -2.20. The lowest BCUT2D eigenvalue weighted by atomic mass is 10.2. The number of amides is 2. The van der Waals surface area contributed by atoms with Gasteiger partial charge in [-0.3, -0.25) is 9.59 Å². The number of nitrogens with one attached hydrogen (secondary N) is 1. The third-order valence-corrected chi connectivity index (χ3v) is 4.45. The topological polar surface area (TPSA) is 58.6 Å². The van der Waals surface area contributed by atoms with Gasteiger partial charge in [-0.25, -0.2) is 0 Å². The second kappa shape index (κ2) is 7.78. The predicted molar refractivity (Wildman–Crippen MR) is 92.3 cm³/mol. The van der Waals surface area contributed by atoms with Crippen LogP contribution in [0, 0.1) is 6.92 Å². The summed E-state index contributed by atoms with van der Waals surface area (Å²) in [6.07, 6.45) is 0. The highest BCUT2D eigenvalue weighted by Gasteiger charge is 2.20. The van der Waals surface area contributed by atoms with E-state index >= 15 is 0 Å². The van der Waals surface area contributed by atoms with Crippen LogP contribution in [0.4, 0.5) is 5.69 Å². The summed E-state index contributed by atoms with van der Waals surface area (Å²) in [5.74, 6) is 0.221. The highest BCUT2D eigenvalue weighted by Crippen LogP contribution is 2.23. The summed E-state index contributed by atoms with van der Waals surface area (Å²) in [6.45, 7) is 4.23. The van der Waals surface area contributed by atoms with E-state index in [9.17, 15) is 9.59 Å². The number of carbonyl (C=O) groups excluding carboxylic acids is 2. The number of aryl methyl sites for hydroxylation is 1. The van der Waals surface area contributed by atoms with Crippen molar-refractivity contribution in [2.75, 3.05) is 25.5 Å². The van der Waals surface area contributed by atoms with Crippen molar-refractivity contribution in [3.63, 3.8) is 0 Å². The fourth-order valence-electron chi connectivity index (χ4n) is 2.17. The quantitative estimate of drug-likeness (QED) is 0.884. The fraction of sp³-hybridized carbons (Fsp3) is 0.294. The largest absolute Gasteiger partial charge is 0.495 e. The van der Waals surface area contributed by atoms with E-state index in [1.54, 1.807) is 19.2 Å². The van der Waals surface area contributed by atoms with Crippen LogP contribution in [0.25, 0.3) is 0 Å². The van der Waals surface area contributed by atoms with E-state index in [1.165, 1.54) is 16.2 Å². The first-order valence-corrected chi connectivity index (χ1v) is 8.21. The molecule has 0 aliphatic heterocycles. The molecule has 0 unspecified atom stereocenters. The van der Waals surface area contributed by atoms with E-state index < -0.39 is 0 Å². The van der Waals surface area contributed by atoms with Gasteiger partial charge in [-0.1, -0.05) is 12.1 Å². The minimum Gasteiger partial charge on any atom is -0.495 e. The molecule has 0 fully saturated rings. The molecule has 23 heavy (non-hydrogen) atoms. The smallest absolute Gasteiger partial charge is 0.264 e. The lowest BCUT2D eigenvalue weighted by molar-refractivity contribution is -0.116. The fourth-order valence-corrected chi connectivity index (χ4v) is 3.07. The number of anilines is 1. The van der Waals surface area contributed by atoms with Crippen LogP contribution in [0.15, 0.2) is 35.7 Å². The first-order chi connectivity index (χ1) is 11.1. The Morgan fingerprint density at radius 3 is 2.61 bits per heavy atom. The number of likely N-dealkylation sites (N-methyl/N-ethyl adjacent to an activating group) is 1. The SMILES string of the molecule is CCN(CC(=O)Nc1ccccc1OC)C(=O)c1sccc1C. The average Bonchev–Trinajstić information content (AvgIpc) is 2.98. The van der Waals surface area contributed by atoms with Crippen LogP contribution >= 0.6 is 11.3 Å². The number of para-hydroxylation sites is 2. The van der Waals surface area contributed by atoms with Crippen LogP contribution in [0.5, 0.6) is 5.75 Å². The number of hydrogen-bond acceptors (Lipinski definition) is 4. The van der Waals surface area contributed by atoms with Crippen molar-refractivity contribution >= 4 is 28.8 Å². The molecule has 0 aliphatic rings. The van der Waals surface area contributed by atoms with Gasteiger partial charge in [0.25, 0.3) is 5.91 Å². The van der Waals surface area contributed by atoms with Crippen LogP contribution in [0.2, 0.25) is 0 Å². The van der Waals surface area contributed by atoms with Gasteiger partial charge in [0, 0.05) is 6.54 Å². The third-order valence-electron chi connectivity index (χ3n) is 3.44. The van der Waals surface area contributed by atoms with E-state index in [2.05, 4.69) is 5.32 Å². The van der Waals surface area contributed by atoms with E-state index in [0.29, 0.717) is 22.9 Å². The summed E-state index contributed by atoms with van der Waals surface area (Å²) < 4.78 is 5.21. The van der Waals surface area contributed by atoms with Crippen LogP contribution in [-0.2, 0) is 4.79 Å². The van der Waals surface area contributed by atoms with Crippen LogP contribution in [0.3, 0.4) is 0 Å². The van der Waals surface area contributed by atoms with Gasteiger partial charge < -0.3 is 15.0 Å². The number of carbonyl (C=O) groups is 2. The molecule has 0 bridgehead atoms. The molecular formula is C17H20N2O3S. The average molecular weight is 332 g/mol. The van der Waals surface area contributed by atoms with Gasteiger partial charge >= 0.3 is 0 Å². The Labute approximate surface area is 139 Å². The zero-order chi connectivity index (χ0) is 16.8. The minimum absolute atomic E-state index is 0.00468. The molecular weight excluding hydrogens is 312 g/mol. The second-order valence-corrected chi connectivity index (χ2v) is 5.92. The molecule has 1 aromatic carbocycles. The maximum Gasteiger partial charge on any atom is 0.264 e. The molecule has 122 valence electrons. The highest BCUT2D eigenvalue weighted by molar-refractivity contribution is 7.12. The monoisotopic (exact) mass is 332 g/mol. The zero-order valence-corrected chi connectivity index (χ0v) is 14.3. The first kappa shape index (κ1) is 17.0. The van der Waals surface area contributed by atoms with Crippen LogP contribution in [0.1, 0.15) is 22.2 Å². The Hall–Kier alpha value is -2.34. The lowest BCUT2D eigenvalue weighted by Crippen LogP contribution is -2.37. The number of rotatable bonds is 6. The van der Waals surface area contributed by atoms with E-state index in [-0.39, 0.29) is 18.4 Å². The maximum absolute atomic E-state index is 12.5. The molecule has 0 saturated heterocycles. The summed E-state index contributed by atoms with van der Waals surface area (Å²) in [4.78, 5) is 27.0. The van der Waals surface area contributed by atoms with Crippen LogP contribution in [-0.4, -0.2) is 36.9 Å². The molecule has 0 saturated carbocycles. The van der Waals surface area contributed by atoms with E-state index in [1.807, 2.05) is 37.4 Å². The Bertz CT molecular complexity index is 697. The Balaban J connectivity index is 2.05. The Morgan fingerprint density at radius 2 is 2.00 bits per heavy atom. The van der Waals surface area contributed by atoms with Gasteiger partial charge in [0.2, 0.25) is 5.91 Å². The van der Waals surface area contributed by atoms with Gasteiger partial charge in [0.1, 0.15) is 12.3 Å². The van der Waals surface area contributed by atoms with Crippen molar-refractivity contribution in [2.24, 2.45) is 0 Å².